The van der Waals surface area contributed by atoms with Crippen molar-refractivity contribution in [2.75, 3.05) is 25.0 Å². The van der Waals surface area contributed by atoms with Crippen molar-refractivity contribution in [3.8, 4) is 5.75 Å². The molecule has 20 heavy (non-hydrogen) atoms. The Balaban J connectivity index is 2.99. The van der Waals surface area contributed by atoms with E-state index in [-0.39, 0.29) is 18.0 Å². The standard InChI is InChI=1S/C12H15N3O5/c1-14(6-10(13)17)12(20)15(7-11(18)19)8-2-4-9(16)5-3-8/h2-5,16H,6-7H2,1H3,(H2,13,17)(H,18,19). The van der Waals surface area contributed by atoms with Crippen molar-refractivity contribution < 1.29 is 24.6 Å². The Hall–Kier alpha value is -2.77. The van der Waals surface area contributed by atoms with Crippen LogP contribution >= 0.6 is 0 Å². The molecular formula is C12H15N3O5. The van der Waals surface area contributed by atoms with Gasteiger partial charge in [-0.2, -0.15) is 0 Å². The van der Waals surface area contributed by atoms with Gasteiger partial charge < -0.3 is 20.8 Å². The molecule has 1 rings (SSSR count). The molecule has 0 fully saturated rings. The van der Waals surface area contributed by atoms with Crippen LogP contribution in [0, 0.1) is 0 Å². The summed E-state index contributed by atoms with van der Waals surface area (Å²) >= 11 is 0. The zero-order valence-electron chi connectivity index (χ0n) is 10.8. The minimum absolute atomic E-state index is 0.0121. The van der Waals surface area contributed by atoms with Crippen molar-refractivity contribution in [2.45, 2.75) is 0 Å². The first-order valence-electron chi connectivity index (χ1n) is 5.63. The summed E-state index contributed by atoms with van der Waals surface area (Å²) < 4.78 is 0. The maximum Gasteiger partial charge on any atom is 0.325 e. The van der Waals surface area contributed by atoms with E-state index in [0.717, 1.165) is 9.80 Å². The minimum atomic E-state index is -1.21. The van der Waals surface area contributed by atoms with Gasteiger partial charge in [0.15, 0.2) is 0 Å². The van der Waals surface area contributed by atoms with E-state index in [2.05, 4.69) is 0 Å². The molecule has 0 saturated carbocycles. The molecule has 4 N–H and O–H groups in total. The third kappa shape index (κ3) is 4.16. The zero-order valence-corrected chi connectivity index (χ0v) is 10.8. The summed E-state index contributed by atoms with van der Waals surface area (Å²) in [6.45, 7) is -0.903. The number of aromatic hydroxyl groups is 1. The number of benzene rings is 1. The molecule has 8 nitrogen and oxygen atoms in total. The van der Waals surface area contributed by atoms with Gasteiger partial charge in [-0.25, -0.2) is 4.79 Å². The van der Waals surface area contributed by atoms with E-state index < -0.39 is 24.5 Å². The second-order valence-corrected chi connectivity index (χ2v) is 4.10. The molecule has 0 radical (unpaired) electrons. The maximum atomic E-state index is 12.1. The number of likely N-dealkylation sites (N-methyl/N-ethyl adjacent to an activating group) is 1. The number of hydrogen-bond acceptors (Lipinski definition) is 4. The topological polar surface area (TPSA) is 124 Å². The molecule has 0 aliphatic heterocycles. The second-order valence-electron chi connectivity index (χ2n) is 4.10. The van der Waals surface area contributed by atoms with Gasteiger partial charge in [-0.05, 0) is 24.3 Å². The number of amides is 3. The first kappa shape index (κ1) is 15.3. The summed E-state index contributed by atoms with van der Waals surface area (Å²) in [5, 5.41) is 18.1. The van der Waals surface area contributed by atoms with Gasteiger partial charge in [-0.3, -0.25) is 14.5 Å². The van der Waals surface area contributed by atoms with E-state index in [1.54, 1.807) is 0 Å². The number of aliphatic carboxylic acids is 1. The quantitative estimate of drug-likeness (QED) is 0.690. The highest BCUT2D eigenvalue weighted by atomic mass is 16.4. The summed E-state index contributed by atoms with van der Waals surface area (Å²) in [4.78, 5) is 35.7. The normalized spacial score (nSPS) is 9.85. The lowest BCUT2D eigenvalue weighted by molar-refractivity contribution is -0.135. The number of anilines is 1. The molecule has 1 aromatic carbocycles. The average molecular weight is 281 g/mol. The van der Waals surface area contributed by atoms with Crippen LogP contribution in [0.15, 0.2) is 24.3 Å². The van der Waals surface area contributed by atoms with Gasteiger partial charge in [-0.1, -0.05) is 0 Å². The fraction of sp³-hybridized carbons (Fsp3) is 0.250. The van der Waals surface area contributed by atoms with Crippen LogP contribution in [0.2, 0.25) is 0 Å². The summed E-state index contributed by atoms with van der Waals surface area (Å²) in [5.74, 6) is -1.93. The molecule has 108 valence electrons. The van der Waals surface area contributed by atoms with E-state index in [9.17, 15) is 19.5 Å². The number of phenols is 1. The van der Waals surface area contributed by atoms with Crippen LogP contribution in [0.3, 0.4) is 0 Å². The van der Waals surface area contributed by atoms with Gasteiger partial charge >= 0.3 is 12.0 Å². The molecule has 0 spiro atoms. The number of carbonyl (C=O) groups excluding carboxylic acids is 2. The van der Waals surface area contributed by atoms with E-state index in [1.807, 2.05) is 0 Å². The van der Waals surface area contributed by atoms with E-state index in [0.29, 0.717) is 0 Å². The van der Waals surface area contributed by atoms with E-state index in [1.165, 1.54) is 31.3 Å². The Morgan fingerprint density at radius 1 is 1.15 bits per heavy atom. The Morgan fingerprint density at radius 3 is 2.15 bits per heavy atom. The Morgan fingerprint density at radius 2 is 1.70 bits per heavy atom. The number of phenolic OH excluding ortho intramolecular Hbond substituents is 1. The molecule has 0 aliphatic rings. The number of carboxylic acid groups (broad SMARTS) is 1. The minimum Gasteiger partial charge on any atom is -0.508 e. The fourth-order valence-corrected chi connectivity index (χ4v) is 1.54. The SMILES string of the molecule is CN(CC(N)=O)C(=O)N(CC(=O)O)c1ccc(O)cc1. The molecule has 0 heterocycles. The Bertz CT molecular complexity index is 514. The largest absolute Gasteiger partial charge is 0.508 e. The zero-order chi connectivity index (χ0) is 15.3. The van der Waals surface area contributed by atoms with Crippen LogP contribution in [0.1, 0.15) is 0 Å². The van der Waals surface area contributed by atoms with Gasteiger partial charge in [0.1, 0.15) is 18.8 Å². The van der Waals surface area contributed by atoms with Crippen molar-refractivity contribution >= 4 is 23.6 Å². The summed E-state index contributed by atoms with van der Waals surface area (Å²) in [6.07, 6.45) is 0. The van der Waals surface area contributed by atoms with E-state index in [4.69, 9.17) is 10.8 Å². The summed E-state index contributed by atoms with van der Waals surface area (Å²) in [5.41, 5.74) is 5.27. The number of nitrogens with two attached hydrogens (primary N) is 1. The molecule has 0 saturated heterocycles. The van der Waals surface area contributed by atoms with Crippen LogP contribution in [0.25, 0.3) is 0 Å². The first-order chi connectivity index (χ1) is 9.31. The van der Waals surface area contributed by atoms with Crippen molar-refractivity contribution in [3.05, 3.63) is 24.3 Å². The Kier molecular flexibility index (Phi) is 4.90. The number of carbonyl (C=O) groups is 3. The van der Waals surface area contributed by atoms with Crippen molar-refractivity contribution in [2.24, 2.45) is 5.73 Å². The van der Waals surface area contributed by atoms with Crippen molar-refractivity contribution in [1.29, 1.82) is 0 Å². The third-order valence-corrected chi connectivity index (χ3v) is 2.41. The van der Waals surface area contributed by atoms with Gasteiger partial charge in [0.05, 0.1) is 0 Å². The highest BCUT2D eigenvalue weighted by Crippen LogP contribution is 2.19. The van der Waals surface area contributed by atoms with Crippen LogP contribution in [-0.4, -0.2) is 53.2 Å². The van der Waals surface area contributed by atoms with E-state index >= 15 is 0 Å². The van der Waals surface area contributed by atoms with Crippen LogP contribution in [0.5, 0.6) is 5.75 Å². The summed E-state index contributed by atoms with van der Waals surface area (Å²) in [6, 6.07) is 4.76. The highest BCUT2D eigenvalue weighted by molar-refractivity contribution is 5.97. The van der Waals surface area contributed by atoms with Gasteiger partial charge in [0.25, 0.3) is 0 Å². The molecule has 1 aromatic rings. The van der Waals surface area contributed by atoms with Crippen LogP contribution < -0.4 is 10.6 Å². The second kappa shape index (κ2) is 6.41. The number of nitrogens with zero attached hydrogens (tertiary/aromatic N) is 2. The number of rotatable bonds is 5. The smallest absolute Gasteiger partial charge is 0.325 e. The lowest BCUT2D eigenvalue weighted by Crippen LogP contribution is -2.46. The molecule has 8 heteroatoms. The molecule has 0 aromatic heterocycles. The lowest BCUT2D eigenvalue weighted by Gasteiger charge is -2.26. The van der Waals surface area contributed by atoms with Crippen molar-refractivity contribution in [3.63, 3.8) is 0 Å². The van der Waals surface area contributed by atoms with Crippen LogP contribution in [-0.2, 0) is 9.59 Å². The van der Waals surface area contributed by atoms with Gasteiger partial charge in [0, 0.05) is 12.7 Å². The number of primary amides is 1. The molecule has 0 unspecified atom stereocenters. The predicted molar refractivity (Wildman–Crippen MR) is 70.3 cm³/mol. The third-order valence-electron chi connectivity index (χ3n) is 2.41. The van der Waals surface area contributed by atoms with Gasteiger partial charge in [0.2, 0.25) is 5.91 Å². The maximum absolute atomic E-state index is 12.1. The number of carboxylic acids is 1. The van der Waals surface area contributed by atoms with Gasteiger partial charge in [-0.15, -0.1) is 0 Å². The predicted octanol–water partition coefficient (Wildman–Crippen LogP) is -0.180. The molecule has 3 amide bonds. The lowest BCUT2D eigenvalue weighted by atomic mass is 10.2. The fourth-order valence-electron chi connectivity index (χ4n) is 1.54. The molecule has 0 atom stereocenters. The number of urea groups is 1. The average Bonchev–Trinajstić information content (AvgIpc) is 2.35. The molecule has 0 aliphatic carbocycles. The van der Waals surface area contributed by atoms with Crippen LogP contribution in [0.4, 0.5) is 10.5 Å². The molecular weight excluding hydrogens is 266 g/mol. The van der Waals surface area contributed by atoms with Crippen molar-refractivity contribution in [1.82, 2.24) is 4.90 Å². The molecule has 0 bridgehead atoms. The highest BCUT2D eigenvalue weighted by Gasteiger charge is 2.23. The Labute approximate surface area is 115 Å². The monoisotopic (exact) mass is 281 g/mol. The summed E-state index contributed by atoms with van der Waals surface area (Å²) in [7, 11) is 1.34. The first-order valence-corrected chi connectivity index (χ1v) is 5.63. The number of hydrogen-bond donors (Lipinski definition) is 3.